The lowest BCUT2D eigenvalue weighted by Crippen LogP contribution is -2.61. The Kier molecular flexibility index (Phi) is 32.5. The van der Waals surface area contributed by atoms with Crippen molar-refractivity contribution in [2.45, 2.75) is 264 Å². The summed E-state index contributed by atoms with van der Waals surface area (Å²) in [7, 11) is 0.973. The predicted molar refractivity (Wildman–Crippen MR) is 334 cm³/mol. The molecule has 2 aromatic carbocycles. The van der Waals surface area contributed by atoms with Gasteiger partial charge in [-0.05, 0) is 106 Å². The second-order valence-corrected chi connectivity index (χ2v) is 26.3. The number of phenols is 1. The van der Waals surface area contributed by atoms with Crippen molar-refractivity contribution in [3.63, 3.8) is 0 Å². The zero-order chi connectivity index (χ0) is 67.2. The van der Waals surface area contributed by atoms with Crippen LogP contribution >= 0.6 is 0 Å². The van der Waals surface area contributed by atoms with Gasteiger partial charge in [0.15, 0.2) is 18.7 Å². The number of aliphatic hydroxyl groups is 4. The number of hydrogen-bond donors (Lipinski definition) is 7. The van der Waals surface area contributed by atoms with Crippen molar-refractivity contribution in [2.75, 3.05) is 33.5 Å². The average Bonchev–Trinajstić information content (AvgIpc) is 1.13. The topological polar surface area (TPSA) is 336 Å². The number of ketones is 1. The maximum atomic E-state index is 14.2. The number of phenolic OH excluding ortho intramolecular Hbond substituents is 1. The number of nitrogens with two attached hydrogens (primary N) is 1. The molecule has 18 atom stereocenters. The van der Waals surface area contributed by atoms with E-state index in [2.05, 4.69) is 11.1 Å². The van der Waals surface area contributed by atoms with Gasteiger partial charge < -0.3 is 74.1 Å². The molecular weight excluding hydrogens is 1180 g/mol. The molecule has 23 nitrogen and oxygen atoms in total. The molecule has 89 heavy (non-hydrogen) atoms. The lowest BCUT2D eigenvalue weighted by molar-refractivity contribution is -0.319. The molecule has 0 saturated carbocycles. The van der Waals surface area contributed by atoms with Crippen molar-refractivity contribution in [2.24, 2.45) is 23.7 Å². The van der Waals surface area contributed by atoms with Gasteiger partial charge in [0.05, 0.1) is 60.3 Å². The minimum absolute atomic E-state index is 0.0760. The molecule has 5 rings (SSSR count). The van der Waals surface area contributed by atoms with Crippen LogP contribution in [0.4, 0.5) is 5.69 Å². The highest BCUT2D eigenvalue weighted by atomic mass is 32.3. The average molecular weight is 1290 g/mol. The van der Waals surface area contributed by atoms with E-state index in [1.165, 1.54) is 91.0 Å². The Balaban J connectivity index is 0.000000489. The summed E-state index contributed by atoms with van der Waals surface area (Å²) in [6, 6.07) is 12.6. The lowest BCUT2D eigenvalue weighted by Gasteiger charge is -2.49. The number of likely N-dealkylation sites (N-methyl/N-ethyl adjacent to an activating group) is 1. The van der Waals surface area contributed by atoms with Crippen LogP contribution < -0.4 is 10.5 Å². The first-order valence-corrected chi connectivity index (χ1v) is 33.0. The molecule has 0 aromatic heterocycles. The standard InChI is InChI=1S/C40H71NO14.C13H11NO3.C12H26O4S/c1-15-27-40(11,48)33(44)22(5)30(43)20(3)18-38(9,47)35(55-37-32(53-28(42)16-2)26(41(12)13)17-21(4)50-37)23(6)31(24(7)36(46)52-27)54-29-19-39(10,49-14)34(45)25(8)51-29;14-9-6-7-11(12(15)8-9)13(16)17-10-4-2-1-3-5-10;1-2-3-4-5-6-7-8-9-10-11-12-16-17(13,14)15/h20-27,29,31-35,37,44-45,47-48H,15-19H2,1-14H3;1-8,15H,14H2;2-12H2,1H3,(H,13,14,15). The molecule has 0 amide bonds. The molecule has 3 saturated heterocycles. The summed E-state index contributed by atoms with van der Waals surface area (Å²) >= 11 is 0. The molecule has 3 heterocycles. The van der Waals surface area contributed by atoms with Gasteiger partial charge in [-0.3, -0.25) is 18.9 Å². The quantitative estimate of drug-likeness (QED) is 0.0180. The van der Waals surface area contributed by atoms with Gasteiger partial charge in [0, 0.05) is 49.5 Å². The van der Waals surface area contributed by atoms with E-state index >= 15 is 0 Å². The Bertz CT molecular complexity index is 2570. The van der Waals surface area contributed by atoms with Crippen LogP contribution in [-0.2, 0) is 62.1 Å². The molecule has 3 aliphatic rings. The van der Waals surface area contributed by atoms with Crippen LogP contribution in [0.3, 0.4) is 0 Å². The summed E-state index contributed by atoms with van der Waals surface area (Å²) < 4.78 is 81.7. The Morgan fingerprint density at radius 2 is 1.38 bits per heavy atom. The SMILES string of the molecule is CCC(=O)OC1C(OC2C(C)C(OC3CC(C)(OC)C(O)C(C)O3)C(C)C(=O)OC(CC)C(C)(O)C(O)C(C)C(=O)C(C)CC2(C)O)OC(C)CC1N(C)C.CCCCCCCCCCCCOS(=O)(=O)O.Nc1ccc(C(=O)Oc2ccccc2)c(O)c1. The summed E-state index contributed by atoms with van der Waals surface area (Å²) in [6.07, 6.45) is 2.17. The number of unbranched alkanes of at least 4 members (excludes halogenated alkanes) is 9. The van der Waals surface area contributed by atoms with Gasteiger partial charge in [-0.25, -0.2) is 8.98 Å². The van der Waals surface area contributed by atoms with E-state index in [0.717, 1.165) is 12.8 Å². The number of Topliss-reactive ketones (excluding diaryl/α,β-unsaturated/α-hetero) is 1. The van der Waals surface area contributed by atoms with E-state index in [0.29, 0.717) is 24.3 Å². The van der Waals surface area contributed by atoms with Crippen LogP contribution in [0.1, 0.15) is 190 Å². The highest BCUT2D eigenvalue weighted by Gasteiger charge is 2.54. The highest BCUT2D eigenvalue weighted by Crippen LogP contribution is 2.41. The summed E-state index contributed by atoms with van der Waals surface area (Å²) in [4.78, 5) is 54.6. The number of carbonyl (C=O) groups excluding carboxylic acids is 4. The molecule has 510 valence electrons. The first kappa shape index (κ1) is 78.8. The van der Waals surface area contributed by atoms with E-state index in [1.807, 2.05) is 32.0 Å². The van der Waals surface area contributed by atoms with Gasteiger partial charge in [-0.2, -0.15) is 8.42 Å². The normalized spacial score (nSPS) is 33.1. The molecule has 2 aromatic rings. The first-order valence-electron chi connectivity index (χ1n) is 31.6. The number of cyclic esters (lactones) is 1. The molecule has 0 radical (unpaired) electrons. The molecule has 3 fully saturated rings. The number of anilines is 1. The number of hydrogen-bond acceptors (Lipinski definition) is 22. The third-order valence-corrected chi connectivity index (χ3v) is 17.7. The molecular formula is C65H108N2O21S. The number of aliphatic hydroxyl groups excluding tert-OH is 2. The highest BCUT2D eigenvalue weighted by molar-refractivity contribution is 7.80. The number of methoxy groups -OCH3 is 1. The number of nitrogens with zero attached hydrogens (tertiary/aromatic N) is 1. The van der Waals surface area contributed by atoms with Crippen LogP contribution in [0.25, 0.3) is 0 Å². The van der Waals surface area contributed by atoms with Gasteiger partial charge >= 0.3 is 28.3 Å². The Hall–Kier alpha value is -4.41. The minimum Gasteiger partial charge on any atom is -0.507 e. The van der Waals surface area contributed by atoms with Crippen LogP contribution in [0, 0.1) is 23.7 Å². The number of aromatic hydroxyl groups is 1. The number of carbonyl (C=O) groups is 4. The molecule has 3 aliphatic heterocycles. The number of esters is 3. The van der Waals surface area contributed by atoms with Crippen molar-refractivity contribution in [3.05, 3.63) is 54.1 Å². The fraction of sp³-hybridized carbons (Fsp3) is 0.754. The van der Waals surface area contributed by atoms with E-state index in [9.17, 15) is 53.1 Å². The third kappa shape index (κ3) is 24.2. The monoisotopic (exact) mass is 1280 g/mol. The Morgan fingerprint density at radius 1 is 0.787 bits per heavy atom. The van der Waals surface area contributed by atoms with Gasteiger partial charge in [0.1, 0.15) is 40.7 Å². The zero-order valence-electron chi connectivity index (χ0n) is 55.3. The zero-order valence-corrected chi connectivity index (χ0v) is 56.1. The lowest BCUT2D eigenvalue weighted by atomic mass is 9.74. The van der Waals surface area contributed by atoms with Crippen LogP contribution in [0.5, 0.6) is 11.5 Å². The van der Waals surface area contributed by atoms with E-state index in [-0.39, 0.29) is 55.7 Å². The second-order valence-electron chi connectivity index (χ2n) is 25.2. The van der Waals surface area contributed by atoms with E-state index in [4.69, 9.17) is 48.2 Å². The van der Waals surface area contributed by atoms with Gasteiger partial charge in [-0.15, -0.1) is 0 Å². The number of para-hydroxylation sites is 1. The molecule has 0 spiro atoms. The van der Waals surface area contributed by atoms with Crippen molar-refractivity contribution in [3.8, 4) is 11.5 Å². The van der Waals surface area contributed by atoms with Crippen LogP contribution in [0.2, 0.25) is 0 Å². The largest absolute Gasteiger partial charge is 0.507 e. The first-order chi connectivity index (χ1) is 41.6. The van der Waals surface area contributed by atoms with Crippen molar-refractivity contribution >= 4 is 39.8 Å². The van der Waals surface area contributed by atoms with Crippen LogP contribution in [0.15, 0.2) is 48.5 Å². The Morgan fingerprint density at radius 3 is 1.92 bits per heavy atom. The smallest absolute Gasteiger partial charge is 0.397 e. The third-order valence-electron chi connectivity index (χ3n) is 17.3. The molecule has 0 bridgehead atoms. The number of nitrogen functional groups attached to an aromatic ring is 1. The van der Waals surface area contributed by atoms with Gasteiger partial charge in [-0.1, -0.05) is 118 Å². The minimum atomic E-state index is -4.23. The van der Waals surface area contributed by atoms with Gasteiger partial charge in [0.2, 0.25) is 0 Å². The summed E-state index contributed by atoms with van der Waals surface area (Å²) in [6.45, 7) is 20.3. The van der Waals surface area contributed by atoms with E-state index in [1.54, 1.807) is 72.7 Å². The van der Waals surface area contributed by atoms with Crippen molar-refractivity contribution < 1.29 is 99.8 Å². The summed E-state index contributed by atoms with van der Waals surface area (Å²) in [5.41, 5.74) is 1.02. The van der Waals surface area contributed by atoms with E-state index < -0.39 is 130 Å². The summed E-state index contributed by atoms with van der Waals surface area (Å²) in [5, 5.41) is 56.1. The van der Waals surface area contributed by atoms with Crippen molar-refractivity contribution in [1.82, 2.24) is 4.90 Å². The number of rotatable bonds is 23. The fourth-order valence-electron chi connectivity index (χ4n) is 11.9. The molecule has 8 N–H and O–H groups in total. The number of benzene rings is 2. The maximum absolute atomic E-state index is 14.2. The molecule has 0 aliphatic carbocycles. The van der Waals surface area contributed by atoms with Crippen LogP contribution in [-0.4, -0.2) is 179 Å². The fourth-order valence-corrected chi connectivity index (χ4v) is 12.2. The molecule has 18 unspecified atom stereocenters. The molecule has 24 heteroatoms. The van der Waals surface area contributed by atoms with Gasteiger partial charge in [0.25, 0.3) is 0 Å². The predicted octanol–water partition coefficient (Wildman–Crippen LogP) is 8.67. The summed E-state index contributed by atoms with van der Waals surface area (Å²) in [5.74, 6) is -5.97. The van der Waals surface area contributed by atoms with Crippen molar-refractivity contribution in [1.29, 1.82) is 0 Å². The maximum Gasteiger partial charge on any atom is 0.397 e. The second kappa shape index (κ2) is 36.7. The number of ether oxygens (including phenoxy) is 8. The Labute approximate surface area is 528 Å².